The summed E-state index contributed by atoms with van der Waals surface area (Å²) in [5.74, 6) is 0.280. The van der Waals surface area contributed by atoms with Crippen LogP contribution in [0.3, 0.4) is 0 Å². The lowest BCUT2D eigenvalue weighted by molar-refractivity contribution is -0.130. The first-order valence-corrected chi connectivity index (χ1v) is 8.98. The molecule has 126 valence electrons. The van der Waals surface area contributed by atoms with Crippen LogP contribution in [0, 0.1) is 5.82 Å². The van der Waals surface area contributed by atoms with Gasteiger partial charge in [0.2, 0.25) is 5.91 Å². The van der Waals surface area contributed by atoms with Crippen LogP contribution in [-0.2, 0) is 11.3 Å². The van der Waals surface area contributed by atoms with Gasteiger partial charge in [-0.05, 0) is 36.4 Å². The standard InChI is InChI=1S/C18H20FN3OS/c19-15-4-6-17(7-5-15)24-14-18(23)22-11-9-21(10-12-22)13-16-3-1-2-8-20-16/h1-8H,9-14H2. The van der Waals surface area contributed by atoms with Gasteiger partial charge in [-0.15, -0.1) is 11.8 Å². The van der Waals surface area contributed by atoms with Crippen molar-refractivity contribution in [2.24, 2.45) is 0 Å². The Balaban J connectivity index is 1.42. The number of amides is 1. The van der Waals surface area contributed by atoms with Crippen molar-refractivity contribution >= 4 is 17.7 Å². The van der Waals surface area contributed by atoms with E-state index in [1.54, 1.807) is 12.1 Å². The molecular formula is C18H20FN3OS. The van der Waals surface area contributed by atoms with Gasteiger partial charge in [0, 0.05) is 43.8 Å². The van der Waals surface area contributed by atoms with E-state index in [0.29, 0.717) is 5.75 Å². The van der Waals surface area contributed by atoms with E-state index in [9.17, 15) is 9.18 Å². The number of carbonyl (C=O) groups is 1. The van der Waals surface area contributed by atoms with Gasteiger partial charge in [0.1, 0.15) is 5.82 Å². The van der Waals surface area contributed by atoms with Gasteiger partial charge >= 0.3 is 0 Å². The molecule has 1 fully saturated rings. The molecule has 0 atom stereocenters. The predicted molar refractivity (Wildman–Crippen MR) is 93.2 cm³/mol. The van der Waals surface area contributed by atoms with E-state index < -0.39 is 0 Å². The van der Waals surface area contributed by atoms with Crippen LogP contribution in [0.25, 0.3) is 0 Å². The number of aromatic nitrogens is 1. The molecule has 0 bridgehead atoms. The zero-order chi connectivity index (χ0) is 16.8. The summed E-state index contributed by atoms with van der Waals surface area (Å²) in [6, 6.07) is 12.2. The molecule has 1 aromatic carbocycles. The molecule has 2 aromatic rings. The molecule has 1 amide bonds. The first kappa shape index (κ1) is 16.9. The number of halogens is 1. The second-order valence-corrected chi connectivity index (χ2v) is 6.77. The smallest absolute Gasteiger partial charge is 0.233 e. The second-order valence-electron chi connectivity index (χ2n) is 5.72. The molecule has 0 saturated carbocycles. The minimum Gasteiger partial charge on any atom is -0.339 e. The fraction of sp³-hybridized carbons (Fsp3) is 0.333. The number of nitrogens with zero attached hydrogens (tertiary/aromatic N) is 3. The highest BCUT2D eigenvalue weighted by molar-refractivity contribution is 8.00. The summed E-state index contributed by atoms with van der Waals surface area (Å²) in [6.07, 6.45) is 1.81. The molecule has 24 heavy (non-hydrogen) atoms. The van der Waals surface area contributed by atoms with Gasteiger partial charge in [0.05, 0.1) is 11.4 Å². The van der Waals surface area contributed by atoms with Crippen molar-refractivity contribution in [3.63, 3.8) is 0 Å². The van der Waals surface area contributed by atoms with Gasteiger partial charge in [0.25, 0.3) is 0 Å². The quantitative estimate of drug-likeness (QED) is 0.781. The Bertz CT molecular complexity index is 658. The number of pyridine rings is 1. The lowest BCUT2D eigenvalue weighted by Crippen LogP contribution is -2.48. The molecular weight excluding hydrogens is 325 g/mol. The van der Waals surface area contributed by atoms with Crippen molar-refractivity contribution in [3.05, 3.63) is 60.2 Å². The van der Waals surface area contributed by atoms with Crippen molar-refractivity contribution in [1.29, 1.82) is 0 Å². The summed E-state index contributed by atoms with van der Waals surface area (Å²) < 4.78 is 12.9. The van der Waals surface area contributed by atoms with Crippen LogP contribution in [0.2, 0.25) is 0 Å². The molecule has 1 saturated heterocycles. The third-order valence-corrected chi connectivity index (χ3v) is 5.01. The highest BCUT2D eigenvalue weighted by atomic mass is 32.2. The molecule has 1 aromatic heterocycles. The zero-order valence-corrected chi connectivity index (χ0v) is 14.2. The summed E-state index contributed by atoms with van der Waals surface area (Å²) in [6.45, 7) is 4.05. The van der Waals surface area contributed by atoms with Crippen molar-refractivity contribution in [2.45, 2.75) is 11.4 Å². The minimum absolute atomic E-state index is 0.141. The molecule has 0 aliphatic carbocycles. The molecule has 0 radical (unpaired) electrons. The number of hydrogen-bond acceptors (Lipinski definition) is 4. The molecule has 4 nitrogen and oxygen atoms in total. The average Bonchev–Trinajstić information content (AvgIpc) is 2.62. The maximum absolute atomic E-state index is 12.9. The van der Waals surface area contributed by atoms with E-state index >= 15 is 0 Å². The van der Waals surface area contributed by atoms with Crippen LogP contribution in [0.5, 0.6) is 0 Å². The van der Waals surface area contributed by atoms with Crippen molar-refractivity contribution in [1.82, 2.24) is 14.8 Å². The molecule has 3 rings (SSSR count). The average molecular weight is 345 g/mol. The lowest BCUT2D eigenvalue weighted by atomic mass is 10.2. The SMILES string of the molecule is O=C(CSc1ccc(F)cc1)N1CCN(Cc2ccccn2)CC1. The lowest BCUT2D eigenvalue weighted by Gasteiger charge is -2.34. The Kier molecular flexibility index (Phi) is 5.82. The Morgan fingerprint density at radius 1 is 1.08 bits per heavy atom. The van der Waals surface area contributed by atoms with E-state index in [-0.39, 0.29) is 11.7 Å². The van der Waals surface area contributed by atoms with Gasteiger partial charge in [-0.1, -0.05) is 6.07 Å². The number of piperazine rings is 1. The molecule has 0 spiro atoms. The van der Waals surface area contributed by atoms with Crippen LogP contribution in [0.1, 0.15) is 5.69 Å². The van der Waals surface area contributed by atoms with Gasteiger partial charge in [-0.2, -0.15) is 0 Å². The van der Waals surface area contributed by atoms with Gasteiger partial charge in [-0.25, -0.2) is 4.39 Å². The third-order valence-electron chi connectivity index (χ3n) is 4.01. The fourth-order valence-electron chi connectivity index (χ4n) is 2.64. The Morgan fingerprint density at radius 3 is 2.50 bits per heavy atom. The molecule has 1 aliphatic rings. The van der Waals surface area contributed by atoms with E-state index in [1.807, 2.05) is 29.3 Å². The van der Waals surface area contributed by atoms with Crippen LogP contribution in [-0.4, -0.2) is 52.6 Å². The van der Waals surface area contributed by atoms with Crippen molar-refractivity contribution in [3.8, 4) is 0 Å². The van der Waals surface area contributed by atoms with Crippen LogP contribution < -0.4 is 0 Å². The minimum atomic E-state index is -0.255. The fourth-order valence-corrected chi connectivity index (χ4v) is 3.44. The van der Waals surface area contributed by atoms with Crippen LogP contribution in [0.15, 0.2) is 53.6 Å². The Hall–Kier alpha value is -1.92. The molecule has 0 unspecified atom stereocenters. The maximum Gasteiger partial charge on any atom is 0.233 e. The van der Waals surface area contributed by atoms with Crippen molar-refractivity contribution in [2.75, 3.05) is 31.9 Å². The third kappa shape index (κ3) is 4.79. The van der Waals surface area contributed by atoms with Gasteiger partial charge < -0.3 is 4.90 Å². The number of hydrogen-bond donors (Lipinski definition) is 0. The largest absolute Gasteiger partial charge is 0.339 e. The van der Waals surface area contributed by atoms with E-state index in [4.69, 9.17) is 0 Å². The Morgan fingerprint density at radius 2 is 1.83 bits per heavy atom. The summed E-state index contributed by atoms with van der Waals surface area (Å²) in [4.78, 5) is 21.8. The normalized spacial score (nSPS) is 15.5. The second kappa shape index (κ2) is 8.26. The maximum atomic E-state index is 12.9. The molecule has 2 heterocycles. The molecule has 6 heteroatoms. The van der Waals surface area contributed by atoms with E-state index in [2.05, 4.69) is 9.88 Å². The first-order chi connectivity index (χ1) is 11.7. The highest BCUT2D eigenvalue weighted by Gasteiger charge is 2.21. The van der Waals surface area contributed by atoms with Crippen molar-refractivity contribution < 1.29 is 9.18 Å². The number of thioether (sulfide) groups is 1. The molecule has 0 N–H and O–H groups in total. The Labute approximate surface area is 145 Å². The topological polar surface area (TPSA) is 36.4 Å². The van der Waals surface area contributed by atoms with Gasteiger partial charge in [0.15, 0.2) is 0 Å². The zero-order valence-electron chi connectivity index (χ0n) is 13.4. The number of rotatable bonds is 5. The number of benzene rings is 1. The van der Waals surface area contributed by atoms with Gasteiger partial charge in [-0.3, -0.25) is 14.7 Å². The summed E-state index contributed by atoms with van der Waals surface area (Å²) in [7, 11) is 0. The summed E-state index contributed by atoms with van der Waals surface area (Å²) in [5.41, 5.74) is 1.06. The molecule has 1 aliphatic heterocycles. The van der Waals surface area contributed by atoms with E-state index in [1.165, 1.54) is 23.9 Å². The van der Waals surface area contributed by atoms with E-state index in [0.717, 1.165) is 43.3 Å². The number of carbonyl (C=O) groups excluding carboxylic acids is 1. The predicted octanol–water partition coefficient (Wildman–Crippen LogP) is 2.66. The highest BCUT2D eigenvalue weighted by Crippen LogP contribution is 2.19. The summed E-state index contributed by atoms with van der Waals surface area (Å²) in [5, 5.41) is 0. The van der Waals surface area contributed by atoms with Crippen LogP contribution in [0.4, 0.5) is 4.39 Å². The monoisotopic (exact) mass is 345 g/mol. The first-order valence-electron chi connectivity index (χ1n) is 7.99. The summed E-state index contributed by atoms with van der Waals surface area (Å²) >= 11 is 1.45. The van der Waals surface area contributed by atoms with Crippen LogP contribution >= 0.6 is 11.8 Å².